The average molecular weight is 260 g/mol. The average Bonchev–Trinajstić information content (AvgIpc) is 2.85. The van der Waals surface area contributed by atoms with E-state index in [0.29, 0.717) is 28.6 Å². The van der Waals surface area contributed by atoms with Crippen LogP contribution in [0, 0.1) is 11.8 Å². The third-order valence-electron chi connectivity index (χ3n) is 3.57. The summed E-state index contributed by atoms with van der Waals surface area (Å²) in [6.45, 7) is 5.24. The molecule has 1 aliphatic carbocycles. The Morgan fingerprint density at radius 1 is 1.50 bits per heavy atom. The van der Waals surface area contributed by atoms with Crippen LogP contribution >= 0.6 is 15.9 Å². The smallest absolute Gasteiger partial charge is 0.226 e. The molecule has 0 aromatic rings. The van der Waals surface area contributed by atoms with Crippen molar-refractivity contribution in [3.05, 3.63) is 0 Å². The first-order valence-electron chi connectivity index (χ1n) is 5.58. The predicted molar refractivity (Wildman–Crippen MR) is 60.4 cm³/mol. The molecule has 2 rings (SSSR count). The second kappa shape index (κ2) is 3.84. The lowest BCUT2D eigenvalue weighted by Crippen LogP contribution is -2.35. The van der Waals surface area contributed by atoms with Crippen molar-refractivity contribution < 1.29 is 4.79 Å². The summed E-state index contributed by atoms with van der Waals surface area (Å²) in [6.07, 6.45) is 3.40. The molecule has 1 heterocycles. The van der Waals surface area contributed by atoms with Gasteiger partial charge in [0, 0.05) is 23.3 Å². The minimum absolute atomic E-state index is 0.361. The van der Waals surface area contributed by atoms with Crippen molar-refractivity contribution in [3.8, 4) is 0 Å². The van der Waals surface area contributed by atoms with Crippen LogP contribution in [0.25, 0.3) is 0 Å². The second-order valence-electron chi connectivity index (χ2n) is 4.68. The number of rotatable bonds is 2. The largest absolute Gasteiger partial charge is 0.339 e. The molecule has 0 radical (unpaired) electrons. The molecule has 1 amide bonds. The highest BCUT2D eigenvalue weighted by Crippen LogP contribution is 2.43. The monoisotopic (exact) mass is 259 g/mol. The van der Waals surface area contributed by atoms with Crippen LogP contribution < -0.4 is 0 Å². The first kappa shape index (κ1) is 10.5. The van der Waals surface area contributed by atoms with Crippen molar-refractivity contribution in [2.75, 3.05) is 6.54 Å². The molecule has 0 bridgehead atoms. The summed E-state index contributed by atoms with van der Waals surface area (Å²) in [7, 11) is 0. The summed E-state index contributed by atoms with van der Waals surface area (Å²) in [5, 5.41) is 0. The normalized spacial score (nSPS) is 41.5. The highest BCUT2D eigenvalue weighted by Gasteiger charge is 2.45. The molecule has 1 aliphatic heterocycles. The van der Waals surface area contributed by atoms with Crippen LogP contribution in [0.4, 0.5) is 0 Å². The minimum Gasteiger partial charge on any atom is -0.339 e. The van der Waals surface area contributed by atoms with Gasteiger partial charge in [0.15, 0.2) is 0 Å². The maximum Gasteiger partial charge on any atom is 0.226 e. The number of likely N-dealkylation sites (tertiary alicyclic amines) is 1. The van der Waals surface area contributed by atoms with Gasteiger partial charge in [-0.25, -0.2) is 0 Å². The Hall–Kier alpha value is -0.0500. The number of halogens is 1. The zero-order chi connectivity index (χ0) is 10.3. The van der Waals surface area contributed by atoms with Crippen LogP contribution in [0.5, 0.6) is 0 Å². The van der Waals surface area contributed by atoms with E-state index in [9.17, 15) is 4.79 Å². The number of carbonyl (C=O) groups excluding carboxylic acids is 1. The van der Waals surface area contributed by atoms with Crippen molar-refractivity contribution in [1.82, 2.24) is 4.90 Å². The fourth-order valence-electron chi connectivity index (χ4n) is 2.49. The maximum absolute atomic E-state index is 12.0. The quantitative estimate of drug-likeness (QED) is 0.698. The van der Waals surface area contributed by atoms with Gasteiger partial charge in [0.1, 0.15) is 0 Å². The molecule has 3 heteroatoms. The van der Waals surface area contributed by atoms with Crippen molar-refractivity contribution in [3.63, 3.8) is 0 Å². The highest BCUT2D eigenvalue weighted by molar-refractivity contribution is 9.09. The first-order chi connectivity index (χ1) is 6.63. The van der Waals surface area contributed by atoms with E-state index < -0.39 is 0 Å². The van der Waals surface area contributed by atoms with Gasteiger partial charge in [0.2, 0.25) is 5.91 Å². The molecule has 2 nitrogen and oxygen atoms in total. The van der Waals surface area contributed by atoms with E-state index in [4.69, 9.17) is 0 Å². The summed E-state index contributed by atoms with van der Waals surface area (Å²) < 4.78 is 0. The van der Waals surface area contributed by atoms with Crippen LogP contribution in [-0.2, 0) is 4.79 Å². The lowest BCUT2D eigenvalue weighted by molar-refractivity contribution is -0.133. The van der Waals surface area contributed by atoms with E-state index >= 15 is 0 Å². The van der Waals surface area contributed by atoms with Gasteiger partial charge in [-0.1, -0.05) is 29.3 Å². The molecule has 1 saturated heterocycles. The minimum atomic E-state index is 0.361. The van der Waals surface area contributed by atoms with Gasteiger partial charge in [-0.2, -0.15) is 0 Å². The molecule has 0 spiro atoms. The molecule has 0 aromatic carbocycles. The van der Waals surface area contributed by atoms with E-state index in [2.05, 4.69) is 34.7 Å². The Kier molecular flexibility index (Phi) is 2.87. The number of hydrogen-bond acceptors (Lipinski definition) is 1. The van der Waals surface area contributed by atoms with Gasteiger partial charge in [-0.05, 0) is 25.7 Å². The molecule has 4 atom stereocenters. The Balaban J connectivity index is 1.92. The van der Waals surface area contributed by atoms with Crippen LogP contribution in [0.1, 0.15) is 33.1 Å². The van der Waals surface area contributed by atoms with Crippen LogP contribution in [0.2, 0.25) is 0 Å². The fourth-order valence-corrected chi connectivity index (χ4v) is 3.34. The van der Waals surface area contributed by atoms with Gasteiger partial charge in [-0.3, -0.25) is 4.79 Å². The number of carbonyl (C=O) groups is 1. The molecular weight excluding hydrogens is 242 g/mol. The number of alkyl halides is 1. The fraction of sp³-hybridized carbons (Fsp3) is 0.909. The number of nitrogens with zero attached hydrogens (tertiary/aromatic N) is 1. The lowest BCUT2D eigenvalue weighted by Gasteiger charge is -2.21. The lowest BCUT2D eigenvalue weighted by atomic mass is 10.2. The Morgan fingerprint density at radius 2 is 2.21 bits per heavy atom. The van der Waals surface area contributed by atoms with Gasteiger partial charge in [-0.15, -0.1) is 0 Å². The summed E-state index contributed by atoms with van der Waals surface area (Å²) in [5.41, 5.74) is 0. The second-order valence-corrected chi connectivity index (χ2v) is 5.98. The Labute approximate surface area is 94.2 Å². The van der Waals surface area contributed by atoms with Crippen LogP contribution in [0.3, 0.4) is 0 Å². The Bertz CT molecular complexity index is 243. The van der Waals surface area contributed by atoms with Gasteiger partial charge in [0.25, 0.3) is 0 Å². The van der Waals surface area contributed by atoms with Gasteiger partial charge < -0.3 is 4.90 Å². The molecule has 0 N–H and O–H groups in total. The molecule has 2 aliphatic rings. The topological polar surface area (TPSA) is 20.3 Å². The standard InChI is InChI=1S/C11H18BrNO/c1-3-8-5-10(8)11(14)13-6-9(12)4-7(13)2/h7-10H,3-6H2,1-2H3/t7?,8-,9?,10-/m1/s1. The van der Waals surface area contributed by atoms with E-state index in [-0.39, 0.29) is 0 Å². The van der Waals surface area contributed by atoms with Crippen molar-refractivity contribution >= 4 is 21.8 Å². The van der Waals surface area contributed by atoms with Crippen molar-refractivity contribution in [2.45, 2.75) is 44.0 Å². The molecule has 2 fully saturated rings. The first-order valence-corrected chi connectivity index (χ1v) is 6.49. The van der Waals surface area contributed by atoms with Crippen molar-refractivity contribution in [1.29, 1.82) is 0 Å². The summed E-state index contributed by atoms with van der Waals surface area (Å²) in [6, 6.07) is 0.435. The summed E-state index contributed by atoms with van der Waals surface area (Å²) in [4.78, 5) is 14.6. The van der Waals surface area contributed by atoms with E-state index in [1.807, 2.05) is 0 Å². The van der Waals surface area contributed by atoms with Crippen LogP contribution in [-0.4, -0.2) is 28.2 Å². The zero-order valence-electron chi connectivity index (χ0n) is 8.87. The van der Waals surface area contributed by atoms with Crippen molar-refractivity contribution in [2.24, 2.45) is 11.8 Å². The number of hydrogen-bond donors (Lipinski definition) is 0. The molecule has 0 aromatic heterocycles. The number of amides is 1. The van der Waals surface area contributed by atoms with Crippen LogP contribution in [0.15, 0.2) is 0 Å². The molecular formula is C11H18BrNO. The highest BCUT2D eigenvalue weighted by atomic mass is 79.9. The molecule has 80 valence electrons. The Morgan fingerprint density at radius 3 is 2.64 bits per heavy atom. The summed E-state index contributed by atoms with van der Waals surface area (Å²) in [5.74, 6) is 1.45. The molecule has 14 heavy (non-hydrogen) atoms. The summed E-state index contributed by atoms with van der Waals surface area (Å²) >= 11 is 3.60. The molecule has 1 saturated carbocycles. The van der Waals surface area contributed by atoms with Gasteiger partial charge in [0.05, 0.1) is 0 Å². The zero-order valence-corrected chi connectivity index (χ0v) is 10.5. The predicted octanol–water partition coefficient (Wildman–Crippen LogP) is 2.42. The third kappa shape index (κ3) is 1.83. The van der Waals surface area contributed by atoms with E-state index in [1.54, 1.807) is 0 Å². The van der Waals surface area contributed by atoms with E-state index in [1.165, 1.54) is 0 Å². The van der Waals surface area contributed by atoms with E-state index in [0.717, 1.165) is 25.8 Å². The third-order valence-corrected chi connectivity index (χ3v) is 4.23. The van der Waals surface area contributed by atoms with Gasteiger partial charge >= 0.3 is 0 Å². The molecule has 2 unspecified atom stereocenters. The SMILES string of the molecule is CC[C@@H]1C[C@H]1C(=O)N1CC(Br)CC1C. The maximum atomic E-state index is 12.0.